The minimum absolute atomic E-state index is 0. The fourth-order valence-electron chi connectivity index (χ4n) is 3.34. The molecule has 0 unspecified atom stereocenters. The average molecular weight is 524 g/mol. The van der Waals surface area contributed by atoms with Crippen LogP contribution in [0.25, 0.3) is 0 Å². The zero-order chi connectivity index (χ0) is 20.6. The Morgan fingerprint density at radius 1 is 1.17 bits per heavy atom. The van der Waals surface area contributed by atoms with E-state index in [9.17, 15) is 13.9 Å². The van der Waals surface area contributed by atoms with Crippen molar-refractivity contribution in [2.75, 3.05) is 26.2 Å². The highest BCUT2D eigenvalue weighted by Crippen LogP contribution is 2.17. The minimum atomic E-state index is -0.806. The molecular formula is C21H35F2IN4O. The van der Waals surface area contributed by atoms with Gasteiger partial charge in [0.2, 0.25) is 0 Å². The van der Waals surface area contributed by atoms with Gasteiger partial charge in [0.1, 0.15) is 0 Å². The summed E-state index contributed by atoms with van der Waals surface area (Å²) in [5.41, 5.74) is 0.0366. The SMILES string of the molecule is CCNC(=NCC(O)(CC)CC)NC1CCN(Cc2ccc(F)c(F)c2)CC1.I. The van der Waals surface area contributed by atoms with Crippen molar-refractivity contribution in [3.63, 3.8) is 0 Å². The van der Waals surface area contributed by atoms with Gasteiger partial charge in [-0.3, -0.25) is 9.89 Å². The third-order valence-corrected chi connectivity index (χ3v) is 5.51. The molecule has 0 bridgehead atoms. The monoisotopic (exact) mass is 524 g/mol. The molecule has 1 heterocycles. The maximum absolute atomic E-state index is 13.4. The molecule has 3 N–H and O–H groups in total. The molecule has 29 heavy (non-hydrogen) atoms. The lowest BCUT2D eigenvalue weighted by molar-refractivity contribution is 0.0417. The molecule has 0 aromatic heterocycles. The van der Waals surface area contributed by atoms with Gasteiger partial charge in [0.05, 0.1) is 12.1 Å². The molecule has 1 fully saturated rings. The molecule has 5 nitrogen and oxygen atoms in total. The Morgan fingerprint density at radius 2 is 1.83 bits per heavy atom. The Kier molecular flexibility index (Phi) is 11.3. The van der Waals surface area contributed by atoms with Crippen molar-refractivity contribution in [2.24, 2.45) is 4.99 Å². The fraction of sp³-hybridized carbons (Fsp3) is 0.667. The number of nitrogens with zero attached hydrogens (tertiary/aromatic N) is 2. The highest BCUT2D eigenvalue weighted by molar-refractivity contribution is 14.0. The number of halogens is 3. The first-order valence-corrected chi connectivity index (χ1v) is 10.3. The highest BCUT2D eigenvalue weighted by atomic mass is 127. The number of nitrogens with one attached hydrogen (secondary N) is 2. The van der Waals surface area contributed by atoms with Crippen LogP contribution in [0.1, 0.15) is 52.0 Å². The molecule has 2 rings (SSSR count). The first-order chi connectivity index (χ1) is 13.4. The predicted molar refractivity (Wildman–Crippen MR) is 125 cm³/mol. The Morgan fingerprint density at radius 3 is 2.38 bits per heavy atom. The van der Waals surface area contributed by atoms with Crippen LogP contribution < -0.4 is 10.6 Å². The van der Waals surface area contributed by atoms with Crippen molar-refractivity contribution < 1.29 is 13.9 Å². The molecule has 1 aliphatic heterocycles. The van der Waals surface area contributed by atoms with E-state index in [4.69, 9.17) is 0 Å². The van der Waals surface area contributed by atoms with Gasteiger partial charge in [-0.2, -0.15) is 0 Å². The zero-order valence-electron chi connectivity index (χ0n) is 17.7. The van der Waals surface area contributed by atoms with E-state index in [1.165, 1.54) is 12.1 Å². The maximum atomic E-state index is 13.4. The molecule has 0 radical (unpaired) electrons. The van der Waals surface area contributed by atoms with Crippen LogP contribution in [0.15, 0.2) is 23.2 Å². The Balaban J connectivity index is 0.00000420. The zero-order valence-corrected chi connectivity index (χ0v) is 20.0. The van der Waals surface area contributed by atoms with Crippen LogP contribution in [0.3, 0.4) is 0 Å². The molecule has 0 spiro atoms. The number of guanidine groups is 1. The van der Waals surface area contributed by atoms with Gasteiger partial charge in [0.15, 0.2) is 17.6 Å². The van der Waals surface area contributed by atoms with Gasteiger partial charge in [-0.25, -0.2) is 8.78 Å². The summed E-state index contributed by atoms with van der Waals surface area (Å²) in [4.78, 5) is 6.83. The second-order valence-corrected chi connectivity index (χ2v) is 7.57. The number of rotatable bonds is 8. The molecule has 1 aromatic rings. The van der Waals surface area contributed by atoms with E-state index in [1.54, 1.807) is 6.07 Å². The minimum Gasteiger partial charge on any atom is -0.388 e. The number of hydrogen-bond donors (Lipinski definition) is 3. The lowest BCUT2D eigenvalue weighted by Crippen LogP contribution is -2.49. The Bertz CT molecular complexity index is 648. The average Bonchev–Trinajstić information content (AvgIpc) is 2.70. The van der Waals surface area contributed by atoms with Crippen LogP contribution in [0.5, 0.6) is 0 Å². The smallest absolute Gasteiger partial charge is 0.191 e. The summed E-state index contributed by atoms with van der Waals surface area (Å²) in [7, 11) is 0. The highest BCUT2D eigenvalue weighted by Gasteiger charge is 2.23. The third-order valence-electron chi connectivity index (χ3n) is 5.51. The maximum Gasteiger partial charge on any atom is 0.191 e. The normalized spacial score (nSPS) is 16.4. The van der Waals surface area contributed by atoms with Crippen molar-refractivity contribution in [3.8, 4) is 0 Å². The van der Waals surface area contributed by atoms with Gasteiger partial charge in [-0.1, -0.05) is 19.9 Å². The van der Waals surface area contributed by atoms with Gasteiger partial charge in [0, 0.05) is 32.2 Å². The van der Waals surface area contributed by atoms with Crippen LogP contribution in [-0.4, -0.2) is 53.8 Å². The second-order valence-electron chi connectivity index (χ2n) is 7.57. The van der Waals surface area contributed by atoms with E-state index in [-0.39, 0.29) is 24.0 Å². The largest absolute Gasteiger partial charge is 0.388 e. The molecule has 1 saturated heterocycles. The predicted octanol–water partition coefficient (Wildman–Crippen LogP) is 3.65. The summed E-state index contributed by atoms with van der Waals surface area (Å²) in [6.07, 6.45) is 3.24. The van der Waals surface area contributed by atoms with Crippen molar-refractivity contribution in [3.05, 3.63) is 35.4 Å². The number of benzene rings is 1. The van der Waals surface area contributed by atoms with Crippen molar-refractivity contribution in [1.29, 1.82) is 0 Å². The van der Waals surface area contributed by atoms with Crippen molar-refractivity contribution >= 4 is 29.9 Å². The fourth-order valence-corrected chi connectivity index (χ4v) is 3.34. The summed E-state index contributed by atoms with van der Waals surface area (Å²) in [5, 5.41) is 17.2. The molecule has 8 heteroatoms. The third kappa shape index (κ3) is 8.33. The lowest BCUT2D eigenvalue weighted by atomic mass is 9.98. The molecule has 0 amide bonds. The molecule has 1 aromatic carbocycles. The summed E-state index contributed by atoms with van der Waals surface area (Å²) in [6.45, 7) is 9.49. The van der Waals surface area contributed by atoms with Gasteiger partial charge >= 0.3 is 0 Å². The van der Waals surface area contributed by atoms with Crippen LogP contribution >= 0.6 is 24.0 Å². The molecule has 1 aliphatic rings. The molecule has 0 aliphatic carbocycles. The molecule has 0 saturated carbocycles. The number of piperidine rings is 1. The summed E-state index contributed by atoms with van der Waals surface area (Å²) < 4.78 is 26.4. The van der Waals surface area contributed by atoms with Crippen LogP contribution in [0.4, 0.5) is 8.78 Å². The van der Waals surface area contributed by atoms with E-state index in [0.717, 1.165) is 44.0 Å². The van der Waals surface area contributed by atoms with E-state index < -0.39 is 17.2 Å². The van der Waals surface area contributed by atoms with E-state index in [2.05, 4.69) is 20.5 Å². The Labute approximate surface area is 190 Å². The van der Waals surface area contributed by atoms with Gasteiger partial charge in [-0.15, -0.1) is 24.0 Å². The molecular weight excluding hydrogens is 489 g/mol. The molecule has 166 valence electrons. The van der Waals surface area contributed by atoms with Crippen molar-refractivity contribution in [1.82, 2.24) is 15.5 Å². The van der Waals surface area contributed by atoms with E-state index >= 15 is 0 Å². The first kappa shape index (κ1) is 26.0. The standard InChI is InChI=1S/C21H34F2N4O.HI/c1-4-21(28,5-2)15-25-20(24-6-3)26-17-9-11-27(12-10-17)14-16-7-8-18(22)19(23)13-16;/h7-8,13,17,28H,4-6,9-12,14-15H2,1-3H3,(H2,24,25,26);1H. The summed E-state index contributed by atoms with van der Waals surface area (Å²) in [5.74, 6) is -0.860. The van der Waals surface area contributed by atoms with Crippen LogP contribution in [0, 0.1) is 11.6 Å². The van der Waals surface area contributed by atoms with E-state index in [1.807, 2.05) is 20.8 Å². The second kappa shape index (κ2) is 12.6. The van der Waals surface area contributed by atoms with Gasteiger partial charge in [-0.05, 0) is 50.3 Å². The summed E-state index contributed by atoms with van der Waals surface area (Å²) in [6, 6.07) is 4.40. The van der Waals surface area contributed by atoms with Crippen LogP contribution in [0.2, 0.25) is 0 Å². The Hall–Kier alpha value is -1.00. The number of aliphatic hydroxyl groups is 1. The van der Waals surface area contributed by atoms with Crippen LogP contribution in [-0.2, 0) is 6.54 Å². The number of aliphatic imine (C=N–C) groups is 1. The summed E-state index contributed by atoms with van der Waals surface area (Å²) >= 11 is 0. The van der Waals surface area contributed by atoms with Crippen molar-refractivity contribution in [2.45, 2.75) is 64.6 Å². The van der Waals surface area contributed by atoms with Gasteiger partial charge < -0.3 is 15.7 Å². The number of likely N-dealkylation sites (tertiary alicyclic amines) is 1. The number of hydrogen-bond acceptors (Lipinski definition) is 3. The first-order valence-electron chi connectivity index (χ1n) is 10.3. The van der Waals surface area contributed by atoms with Gasteiger partial charge in [0.25, 0.3) is 0 Å². The molecule has 0 atom stereocenters. The lowest BCUT2D eigenvalue weighted by Gasteiger charge is -2.33. The topological polar surface area (TPSA) is 59.9 Å². The van der Waals surface area contributed by atoms with E-state index in [0.29, 0.717) is 32.0 Å². The quantitative estimate of drug-likeness (QED) is 0.276.